The molecule has 0 saturated carbocycles. The third kappa shape index (κ3) is 4.59. The molecule has 1 saturated heterocycles. The number of hydrogen-bond acceptors (Lipinski definition) is 7. The van der Waals surface area contributed by atoms with E-state index in [0.717, 1.165) is 48.2 Å². The topological polar surface area (TPSA) is 71.2 Å². The van der Waals surface area contributed by atoms with E-state index < -0.39 is 0 Å². The smallest absolute Gasteiger partial charge is 0.241 e. The van der Waals surface area contributed by atoms with Gasteiger partial charge in [0.25, 0.3) is 0 Å². The fraction of sp³-hybridized carbons (Fsp3) is 0.385. The second kappa shape index (κ2) is 9.27. The lowest BCUT2D eigenvalue weighted by molar-refractivity contribution is 0.177. The van der Waals surface area contributed by atoms with Gasteiger partial charge in [-0.2, -0.15) is 4.98 Å². The van der Waals surface area contributed by atoms with Gasteiger partial charge in [-0.05, 0) is 43.5 Å². The molecule has 7 nitrogen and oxygen atoms in total. The van der Waals surface area contributed by atoms with Gasteiger partial charge in [0.1, 0.15) is 12.1 Å². The molecule has 2 aromatic heterocycles. The maximum absolute atomic E-state index is 5.57. The van der Waals surface area contributed by atoms with Crippen LogP contribution in [-0.2, 0) is 6.54 Å². The van der Waals surface area contributed by atoms with Gasteiger partial charge in [-0.1, -0.05) is 55.4 Å². The van der Waals surface area contributed by atoms with E-state index in [2.05, 4.69) is 81.1 Å². The van der Waals surface area contributed by atoms with Crippen molar-refractivity contribution in [2.45, 2.75) is 45.2 Å². The van der Waals surface area contributed by atoms with Gasteiger partial charge in [0.2, 0.25) is 11.7 Å². The van der Waals surface area contributed by atoms with E-state index in [9.17, 15) is 0 Å². The number of rotatable bonds is 6. The SMILES string of the molecule is CC(C)c1ccc(-c2noc(CN(C)C3CCN(c4ncnc5ccccc45)CC3)n2)cc1. The molecule has 0 bridgehead atoms. The molecule has 3 heterocycles. The Morgan fingerprint density at radius 2 is 1.79 bits per heavy atom. The Bertz CT molecular complexity index is 1210. The van der Waals surface area contributed by atoms with Gasteiger partial charge in [-0.3, -0.25) is 4.90 Å². The van der Waals surface area contributed by atoms with Crippen LogP contribution >= 0.6 is 0 Å². The molecule has 0 spiro atoms. The van der Waals surface area contributed by atoms with Crippen LogP contribution in [0.3, 0.4) is 0 Å². The molecule has 0 aliphatic carbocycles. The minimum absolute atomic E-state index is 0.468. The summed E-state index contributed by atoms with van der Waals surface area (Å²) in [5.41, 5.74) is 3.29. The lowest BCUT2D eigenvalue weighted by Crippen LogP contribution is -2.43. The van der Waals surface area contributed by atoms with Crippen LogP contribution in [0.15, 0.2) is 59.4 Å². The van der Waals surface area contributed by atoms with Gasteiger partial charge in [-0.25, -0.2) is 9.97 Å². The van der Waals surface area contributed by atoms with E-state index in [1.54, 1.807) is 6.33 Å². The third-order valence-corrected chi connectivity index (χ3v) is 6.60. The van der Waals surface area contributed by atoms with Crippen LogP contribution in [0.25, 0.3) is 22.3 Å². The molecular formula is C26H30N6O. The number of benzene rings is 2. The molecule has 170 valence electrons. The summed E-state index contributed by atoms with van der Waals surface area (Å²) in [6.07, 6.45) is 3.79. The number of piperidine rings is 1. The summed E-state index contributed by atoms with van der Waals surface area (Å²) >= 11 is 0. The standard InChI is InChI=1S/C26H30N6O/c1-18(2)19-8-10-20(11-9-19)25-29-24(33-30-25)16-31(3)21-12-14-32(15-13-21)26-22-6-4-5-7-23(22)27-17-28-26/h4-11,17-18,21H,12-16H2,1-3H3. The summed E-state index contributed by atoms with van der Waals surface area (Å²) in [5, 5.41) is 5.32. The molecule has 4 aromatic rings. The highest BCUT2D eigenvalue weighted by Crippen LogP contribution is 2.27. The molecule has 2 aromatic carbocycles. The van der Waals surface area contributed by atoms with Crippen molar-refractivity contribution in [1.29, 1.82) is 0 Å². The Kier molecular flexibility index (Phi) is 6.05. The van der Waals surface area contributed by atoms with E-state index in [0.29, 0.717) is 30.2 Å². The monoisotopic (exact) mass is 442 g/mol. The van der Waals surface area contributed by atoms with Crippen molar-refractivity contribution in [2.24, 2.45) is 0 Å². The first-order chi connectivity index (χ1) is 16.1. The van der Waals surface area contributed by atoms with Crippen LogP contribution in [0.1, 0.15) is 44.1 Å². The molecule has 0 amide bonds. The van der Waals surface area contributed by atoms with Gasteiger partial charge in [0.05, 0.1) is 12.1 Å². The van der Waals surface area contributed by atoms with Gasteiger partial charge in [0, 0.05) is 30.1 Å². The van der Waals surface area contributed by atoms with Crippen molar-refractivity contribution in [1.82, 2.24) is 25.0 Å². The molecule has 0 atom stereocenters. The molecule has 0 N–H and O–H groups in total. The maximum Gasteiger partial charge on any atom is 0.241 e. The Morgan fingerprint density at radius 1 is 1.03 bits per heavy atom. The van der Waals surface area contributed by atoms with Crippen molar-refractivity contribution < 1.29 is 4.52 Å². The largest absolute Gasteiger partial charge is 0.356 e. The molecule has 0 radical (unpaired) electrons. The van der Waals surface area contributed by atoms with Crippen LogP contribution in [-0.4, -0.2) is 51.2 Å². The number of aromatic nitrogens is 4. The van der Waals surface area contributed by atoms with Crippen LogP contribution in [0.4, 0.5) is 5.82 Å². The zero-order valence-electron chi connectivity index (χ0n) is 19.5. The van der Waals surface area contributed by atoms with E-state index in [1.807, 2.05) is 18.2 Å². The number of hydrogen-bond donors (Lipinski definition) is 0. The lowest BCUT2D eigenvalue weighted by atomic mass is 10.0. The molecular weight excluding hydrogens is 412 g/mol. The fourth-order valence-corrected chi connectivity index (χ4v) is 4.56. The first-order valence-electron chi connectivity index (χ1n) is 11.7. The minimum Gasteiger partial charge on any atom is -0.356 e. The summed E-state index contributed by atoms with van der Waals surface area (Å²) < 4.78 is 5.57. The second-order valence-electron chi connectivity index (χ2n) is 9.14. The van der Waals surface area contributed by atoms with Crippen LogP contribution in [0, 0.1) is 0 Å². The van der Waals surface area contributed by atoms with Gasteiger partial charge < -0.3 is 9.42 Å². The first kappa shape index (κ1) is 21.5. The summed E-state index contributed by atoms with van der Waals surface area (Å²) in [5.74, 6) is 2.85. The number of fused-ring (bicyclic) bond motifs is 1. The van der Waals surface area contributed by atoms with Gasteiger partial charge in [0.15, 0.2) is 0 Å². The van der Waals surface area contributed by atoms with Crippen molar-refractivity contribution in [3.63, 3.8) is 0 Å². The summed E-state index contributed by atoms with van der Waals surface area (Å²) in [6.45, 7) is 6.97. The number of para-hydroxylation sites is 1. The fourth-order valence-electron chi connectivity index (χ4n) is 4.56. The van der Waals surface area contributed by atoms with Crippen LogP contribution in [0.5, 0.6) is 0 Å². The average molecular weight is 443 g/mol. The Balaban J connectivity index is 1.20. The Hall–Kier alpha value is -3.32. The zero-order valence-corrected chi connectivity index (χ0v) is 19.5. The van der Waals surface area contributed by atoms with E-state index in [4.69, 9.17) is 4.52 Å². The quantitative estimate of drug-likeness (QED) is 0.420. The summed E-state index contributed by atoms with van der Waals surface area (Å²) in [6, 6.07) is 17.1. The minimum atomic E-state index is 0.468. The molecule has 33 heavy (non-hydrogen) atoms. The van der Waals surface area contributed by atoms with Gasteiger partial charge >= 0.3 is 0 Å². The molecule has 1 fully saturated rings. The highest BCUT2D eigenvalue weighted by molar-refractivity contribution is 5.89. The normalized spacial score (nSPS) is 15.1. The number of anilines is 1. The number of nitrogens with zero attached hydrogens (tertiary/aromatic N) is 6. The van der Waals surface area contributed by atoms with Crippen molar-refractivity contribution >= 4 is 16.7 Å². The first-order valence-corrected chi connectivity index (χ1v) is 11.7. The maximum atomic E-state index is 5.57. The molecule has 0 unspecified atom stereocenters. The predicted octanol–water partition coefficient (Wildman–Crippen LogP) is 4.90. The predicted molar refractivity (Wildman–Crippen MR) is 130 cm³/mol. The van der Waals surface area contributed by atoms with Crippen molar-refractivity contribution in [2.75, 3.05) is 25.0 Å². The van der Waals surface area contributed by atoms with Crippen molar-refractivity contribution in [3.8, 4) is 11.4 Å². The van der Waals surface area contributed by atoms with Crippen LogP contribution in [0.2, 0.25) is 0 Å². The van der Waals surface area contributed by atoms with E-state index in [-0.39, 0.29) is 0 Å². The second-order valence-corrected chi connectivity index (χ2v) is 9.14. The van der Waals surface area contributed by atoms with Crippen LogP contribution < -0.4 is 4.90 Å². The summed E-state index contributed by atoms with van der Waals surface area (Å²) in [7, 11) is 2.14. The molecule has 1 aliphatic heterocycles. The summed E-state index contributed by atoms with van der Waals surface area (Å²) in [4.78, 5) is 18.3. The highest BCUT2D eigenvalue weighted by atomic mass is 16.5. The van der Waals surface area contributed by atoms with Crippen molar-refractivity contribution in [3.05, 3.63) is 66.3 Å². The molecule has 5 rings (SSSR count). The van der Waals surface area contributed by atoms with E-state index >= 15 is 0 Å². The average Bonchev–Trinajstić information content (AvgIpc) is 3.32. The Labute approximate surface area is 194 Å². The zero-order chi connectivity index (χ0) is 22.8. The molecule has 7 heteroatoms. The molecule has 1 aliphatic rings. The Morgan fingerprint density at radius 3 is 2.55 bits per heavy atom. The van der Waals surface area contributed by atoms with E-state index in [1.165, 1.54) is 5.56 Å². The van der Waals surface area contributed by atoms with Gasteiger partial charge in [-0.15, -0.1) is 0 Å². The third-order valence-electron chi connectivity index (χ3n) is 6.60. The lowest BCUT2D eigenvalue weighted by Gasteiger charge is -2.37. The highest BCUT2D eigenvalue weighted by Gasteiger charge is 2.25.